The highest BCUT2D eigenvalue weighted by atomic mass is 16.3. The minimum absolute atomic E-state index is 0.248. The molecule has 6 heteroatoms. The fourth-order valence-electron chi connectivity index (χ4n) is 1.84. The van der Waals surface area contributed by atoms with E-state index in [9.17, 15) is 4.79 Å². The number of amides is 1. The summed E-state index contributed by atoms with van der Waals surface area (Å²) in [6.45, 7) is 0.329. The second-order valence-corrected chi connectivity index (χ2v) is 4.55. The zero-order valence-electron chi connectivity index (χ0n) is 11.7. The van der Waals surface area contributed by atoms with Crippen LogP contribution in [0.2, 0.25) is 0 Å². The molecule has 1 amide bonds. The predicted octanol–water partition coefficient (Wildman–Crippen LogP) is 2.74. The van der Waals surface area contributed by atoms with E-state index in [0.29, 0.717) is 23.8 Å². The van der Waals surface area contributed by atoms with Gasteiger partial charge in [0.1, 0.15) is 5.76 Å². The molecule has 0 unspecified atom stereocenters. The third-order valence-electron chi connectivity index (χ3n) is 2.95. The molecule has 0 aliphatic heterocycles. The average Bonchev–Trinajstić information content (AvgIpc) is 3.08. The number of anilines is 2. The van der Waals surface area contributed by atoms with Crippen molar-refractivity contribution in [1.29, 1.82) is 0 Å². The molecule has 1 aromatic carbocycles. The van der Waals surface area contributed by atoms with E-state index in [1.807, 2.05) is 30.3 Å². The second-order valence-electron chi connectivity index (χ2n) is 4.55. The number of hydrogen-bond acceptors (Lipinski definition) is 5. The van der Waals surface area contributed by atoms with Crippen molar-refractivity contribution in [1.82, 2.24) is 15.3 Å². The molecule has 2 N–H and O–H groups in total. The van der Waals surface area contributed by atoms with Crippen LogP contribution in [0.1, 0.15) is 16.1 Å². The SMILES string of the molecule is O=C(NCc1ccco1)c1cnc(Nc2ccccc2)nc1. The van der Waals surface area contributed by atoms with E-state index in [1.165, 1.54) is 12.4 Å². The Morgan fingerprint density at radius 1 is 1.05 bits per heavy atom. The maximum Gasteiger partial charge on any atom is 0.254 e. The number of carbonyl (C=O) groups excluding carboxylic acids is 1. The lowest BCUT2D eigenvalue weighted by Gasteiger charge is -2.05. The molecule has 0 spiro atoms. The number of hydrogen-bond donors (Lipinski definition) is 2. The van der Waals surface area contributed by atoms with Crippen molar-refractivity contribution in [3.63, 3.8) is 0 Å². The van der Waals surface area contributed by atoms with Crippen LogP contribution < -0.4 is 10.6 Å². The number of nitrogens with zero attached hydrogens (tertiary/aromatic N) is 2. The van der Waals surface area contributed by atoms with Gasteiger partial charge in [0.25, 0.3) is 5.91 Å². The number of aromatic nitrogens is 2. The van der Waals surface area contributed by atoms with Crippen LogP contribution in [0.4, 0.5) is 11.6 Å². The van der Waals surface area contributed by atoms with Crippen LogP contribution in [0, 0.1) is 0 Å². The van der Waals surface area contributed by atoms with E-state index in [0.717, 1.165) is 5.69 Å². The van der Waals surface area contributed by atoms with Gasteiger partial charge in [-0.2, -0.15) is 0 Å². The van der Waals surface area contributed by atoms with Gasteiger partial charge in [-0.05, 0) is 24.3 Å². The van der Waals surface area contributed by atoms with E-state index < -0.39 is 0 Å². The van der Waals surface area contributed by atoms with Gasteiger partial charge < -0.3 is 15.1 Å². The standard InChI is InChI=1S/C16H14N4O2/c21-15(17-11-14-7-4-8-22-14)12-9-18-16(19-10-12)20-13-5-2-1-3-6-13/h1-10H,11H2,(H,17,21)(H,18,19,20). The molecule has 0 aliphatic rings. The second kappa shape index (κ2) is 6.53. The molecule has 2 aromatic heterocycles. The fourth-order valence-corrected chi connectivity index (χ4v) is 1.84. The Balaban J connectivity index is 1.60. The van der Waals surface area contributed by atoms with Crippen LogP contribution in [0.15, 0.2) is 65.5 Å². The first kappa shape index (κ1) is 13.8. The maximum absolute atomic E-state index is 12.0. The van der Waals surface area contributed by atoms with Crippen LogP contribution in [0.25, 0.3) is 0 Å². The van der Waals surface area contributed by atoms with Gasteiger partial charge in [-0.3, -0.25) is 4.79 Å². The lowest BCUT2D eigenvalue weighted by molar-refractivity contribution is 0.0947. The molecular weight excluding hydrogens is 280 g/mol. The van der Waals surface area contributed by atoms with Crippen molar-refractivity contribution < 1.29 is 9.21 Å². The molecule has 0 atom stereocenters. The Kier molecular flexibility index (Phi) is 4.10. The van der Waals surface area contributed by atoms with Gasteiger partial charge in [-0.25, -0.2) is 9.97 Å². The van der Waals surface area contributed by atoms with Gasteiger partial charge in [0.2, 0.25) is 5.95 Å². The molecular formula is C16H14N4O2. The highest BCUT2D eigenvalue weighted by molar-refractivity contribution is 5.93. The van der Waals surface area contributed by atoms with Crippen LogP contribution in [-0.2, 0) is 6.54 Å². The summed E-state index contributed by atoms with van der Waals surface area (Å²) in [7, 11) is 0. The smallest absolute Gasteiger partial charge is 0.254 e. The number of furan rings is 1. The number of para-hydroxylation sites is 1. The summed E-state index contributed by atoms with van der Waals surface area (Å²) in [5.74, 6) is 0.882. The Morgan fingerprint density at radius 2 is 1.82 bits per heavy atom. The Morgan fingerprint density at radius 3 is 2.50 bits per heavy atom. The summed E-state index contributed by atoms with van der Waals surface area (Å²) in [5.41, 5.74) is 1.28. The summed E-state index contributed by atoms with van der Waals surface area (Å²) in [4.78, 5) is 20.2. The first-order chi connectivity index (χ1) is 10.8. The molecule has 6 nitrogen and oxygen atoms in total. The van der Waals surface area contributed by atoms with Gasteiger partial charge in [0, 0.05) is 18.1 Å². The summed E-state index contributed by atoms with van der Waals surface area (Å²) < 4.78 is 5.15. The summed E-state index contributed by atoms with van der Waals surface area (Å²) >= 11 is 0. The minimum Gasteiger partial charge on any atom is -0.467 e. The zero-order valence-corrected chi connectivity index (χ0v) is 11.7. The van der Waals surface area contributed by atoms with Gasteiger partial charge >= 0.3 is 0 Å². The normalized spacial score (nSPS) is 10.2. The van der Waals surface area contributed by atoms with Gasteiger partial charge in [-0.15, -0.1) is 0 Å². The third-order valence-corrected chi connectivity index (χ3v) is 2.95. The van der Waals surface area contributed by atoms with Crippen LogP contribution in [-0.4, -0.2) is 15.9 Å². The van der Waals surface area contributed by atoms with Crippen LogP contribution in [0.3, 0.4) is 0 Å². The maximum atomic E-state index is 12.0. The molecule has 0 saturated carbocycles. The zero-order chi connectivity index (χ0) is 15.2. The molecule has 0 aliphatic carbocycles. The molecule has 0 fully saturated rings. The van der Waals surface area contributed by atoms with Crippen molar-refractivity contribution >= 4 is 17.5 Å². The van der Waals surface area contributed by atoms with Crippen LogP contribution in [0.5, 0.6) is 0 Å². The van der Waals surface area contributed by atoms with Gasteiger partial charge in [0.05, 0.1) is 18.4 Å². The lowest BCUT2D eigenvalue weighted by Crippen LogP contribution is -2.22. The van der Waals surface area contributed by atoms with E-state index in [-0.39, 0.29) is 5.91 Å². The Bertz CT molecular complexity index is 725. The highest BCUT2D eigenvalue weighted by Gasteiger charge is 2.07. The van der Waals surface area contributed by atoms with Gasteiger partial charge in [-0.1, -0.05) is 18.2 Å². The fraction of sp³-hybridized carbons (Fsp3) is 0.0625. The largest absolute Gasteiger partial charge is 0.467 e. The predicted molar refractivity (Wildman–Crippen MR) is 81.6 cm³/mol. The first-order valence-corrected chi connectivity index (χ1v) is 6.76. The van der Waals surface area contributed by atoms with Crippen molar-refractivity contribution in [2.45, 2.75) is 6.54 Å². The van der Waals surface area contributed by atoms with E-state index in [4.69, 9.17) is 4.42 Å². The molecule has 0 bridgehead atoms. The van der Waals surface area contributed by atoms with Crippen molar-refractivity contribution in [3.05, 3.63) is 72.4 Å². The van der Waals surface area contributed by atoms with Crippen LogP contribution >= 0.6 is 0 Å². The number of benzene rings is 1. The van der Waals surface area contributed by atoms with E-state index in [1.54, 1.807) is 18.4 Å². The number of nitrogens with one attached hydrogen (secondary N) is 2. The first-order valence-electron chi connectivity index (χ1n) is 6.76. The van der Waals surface area contributed by atoms with E-state index >= 15 is 0 Å². The highest BCUT2D eigenvalue weighted by Crippen LogP contribution is 2.11. The molecule has 0 saturated heterocycles. The molecule has 110 valence electrons. The summed E-state index contributed by atoms with van der Waals surface area (Å²) in [6, 6.07) is 13.1. The minimum atomic E-state index is -0.248. The molecule has 22 heavy (non-hydrogen) atoms. The van der Waals surface area contributed by atoms with Crippen molar-refractivity contribution in [2.24, 2.45) is 0 Å². The van der Waals surface area contributed by atoms with Crippen molar-refractivity contribution in [2.75, 3.05) is 5.32 Å². The molecule has 0 radical (unpaired) electrons. The van der Waals surface area contributed by atoms with Crippen molar-refractivity contribution in [3.8, 4) is 0 Å². The molecule has 3 rings (SSSR count). The quantitative estimate of drug-likeness (QED) is 0.756. The Labute approximate surface area is 127 Å². The summed E-state index contributed by atoms with van der Waals surface area (Å²) in [6.07, 6.45) is 4.53. The average molecular weight is 294 g/mol. The molecule has 3 aromatic rings. The number of carbonyl (C=O) groups is 1. The molecule has 2 heterocycles. The lowest BCUT2D eigenvalue weighted by atomic mass is 10.3. The van der Waals surface area contributed by atoms with E-state index in [2.05, 4.69) is 20.6 Å². The monoisotopic (exact) mass is 294 g/mol. The Hall–Kier alpha value is -3.15. The third kappa shape index (κ3) is 3.49. The topological polar surface area (TPSA) is 80.0 Å². The van der Waals surface area contributed by atoms with Gasteiger partial charge in [0.15, 0.2) is 0 Å². The summed E-state index contributed by atoms with van der Waals surface area (Å²) in [5, 5.41) is 5.79. The number of rotatable bonds is 5.